The van der Waals surface area contributed by atoms with Crippen molar-refractivity contribution in [3.05, 3.63) is 51.8 Å². The van der Waals surface area contributed by atoms with Crippen LogP contribution in [0, 0.1) is 13.8 Å². The highest BCUT2D eigenvalue weighted by molar-refractivity contribution is 7.99. The summed E-state index contributed by atoms with van der Waals surface area (Å²) in [6.07, 6.45) is 2.87. The molecule has 1 atom stereocenters. The molecule has 0 spiro atoms. The molecule has 0 saturated carbocycles. The van der Waals surface area contributed by atoms with E-state index in [0.717, 1.165) is 47.0 Å². The van der Waals surface area contributed by atoms with Crippen molar-refractivity contribution >= 4 is 35.0 Å². The Morgan fingerprint density at radius 3 is 2.93 bits per heavy atom. The van der Waals surface area contributed by atoms with Gasteiger partial charge in [-0.25, -0.2) is 9.50 Å². The Morgan fingerprint density at radius 2 is 2.17 bits per heavy atom. The maximum Gasteiger partial charge on any atom is 0.253 e. The van der Waals surface area contributed by atoms with E-state index in [1.54, 1.807) is 4.52 Å². The number of carbonyl (C=O) groups is 1. The van der Waals surface area contributed by atoms with E-state index in [0.29, 0.717) is 23.9 Å². The molecule has 0 radical (unpaired) electrons. The molecule has 1 saturated heterocycles. The molecule has 1 amide bonds. The monoisotopic (exact) mass is 445 g/mol. The van der Waals surface area contributed by atoms with Crippen LogP contribution in [-0.4, -0.2) is 50.5 Å². The number of amides is 1. The summed E-state index contributed by atoms with van der Waals surface area (Å²) < 4.78 is 7.27. The minimum atomic E-state index is -0.0466. The third kappa shape index (κ3) is 4.77. The quantitative estimate of drug-likeness (QED) is 0.561. The largest absolute Gasteiger partial charge is 0.376 e. The number of benzene rings is 1. The molecule has 1 aliphatic heterocycles. The van der Waals surface area contributed by atoms with Gasteiger partial charge in [-0.15, -0.1) is 5.10 Å². The zero-order valence-corrected chi connectivity index (χ0v) is 18.6. The van der Waals surface area contributed by atoms with E-state index in [2.05, 4.69) is 20.4 Å². The van der Waals surface area contributed by atoms with Crippen molar-refractivity contribution in [3.8, 4) is 0 Å². The molecule has 9 heteroatoms. The van der Waals surface area contributed by atoms with Gasteiger partial charge in [-0.05, 0) is 43.9 Å². The molecule has 0 bridgehead atoms. The van der Waals surface area contributed by atoms with Crippen molar-refractivity contribution in [2.45, 2.75) is 44.4 Å². The number of hydrogen-bond acceptors (Lipinski definition) is 6. The normalized spacial score (nSPS) is 16.3. The van der Waals surface area contributed by atoms with Gasteiger partial charge in [0, 0.05) is 36.0 Å². The SMILES string of the molecule is Cc1nc2nc(SCC(=O)NC[C@H]3CCCO3)nn2c(C)c1Cc1ccccc1Cl. The fraction of sp³-hybridized carbons (Fsp3) is 0.429. The first kappa shape index (κ1) is 21.1. The van der Waals surface area contributed by atoms with Gasteiger partial charge < -0.3 is 10.1 Å². The summed E-state index contributed by atoms with van der Waals surface area (Å²) in [5, 5.41) is 8.74. The van der Waals surface area contributed by atoms with Crippen LogP contribution in [0.1, 0.15) is 35.4 Å². The van der Waals surface area contributed by atoms with E-state index in [-0.39, 0.29) is 17.8 Å². The van der Waals surface area contributed by atoms with Gasteiger partial charge in [0.25, 0.3) is 5.78 Å². The van der Waals surface area contributed by atoms with Crippen LogP contribution < -0.4 is 5.32 Å². The van der Waals surface area contributed by atoms with Crippen LogP contribution in [0.15, 0.2) is 29.4 Å². The molecule has 1 N–H and O–H groups in total. The summed E-state index contributed by atoms with van der Waals surface area (Å²) in [6, 6.07) is 7.81. The minimum Gasteiger partial charge on any atom is -0.376 e. The highest BCUT2D eigenvalue weighted by atomic mass is 35.5. The number of hydrogen-bond donors (Lipinski definition) is 1. The van der Waals surface area contributed by atoms with Gasteiger partial charge in [-0.2, -0.15) is 4.98 Å². The maximum absolute atomic E-state index is 12.1. The van der Waals surface area contributed by atoms with Crippen molar-refractivity contribution in [1.29, 1.82) is 0 Å². The zero-order valence-electron chi connectivity index (χ0n) is 17.0. The predicted molar refractivity (Wildman–Crippen MR) is 117 cm³/mol. The van der Waals surface area contributed by atoms with E-state index in [1.807, 2.05) is 38.1 Å². The zero-order chi connectivity index (χ0) is 21.1. The van der Waals surface area contributed by atoms with E-state index < -0.39 is 0 Å². The van der Waals surface area contributed by atoms with Crippen molar-refractivity contribution in [3.63, 3.8) is 0 Å². The van der Waals surface area contributed by atoms with Gasteiger partial charge >= 0.3 is 0 Å². The third-order valence-corrected chi connectivity index (χ3v) is 6.44. The van der Waals surface area contributed by atoms with Crippen LogP contribution in [0.5, 0.6) is 0 Å². The average molecular weight is 446 g/mol. The smallest absolute Gasteiger partial charge is 0.253 e. The highest BCUT2D eigenvalue weighted by Gasteiger charge is 2.18. The average Bonchev–Trinajstić information content (AvgIpc) is 3.39. The van der Waals surface area contributed by atoms with Gasteiger partial charge in [-0.3, -0.25) is 4.79 Å². The number of carbonyl (C=O) groups excluding carboxylic acids is 1. The fourth-order valence-electron chi connectivity index (χ4n) is 3.55. The summed E-state index contributed by atoms with van der Waals surface area (Å²) >= 11 is 7.64. The second-order valence-electron chi connectivity index (χ2n) is 7.36. The number of nitrogens with one attached hydrogen (secondary N) is 1. The van der Waals surface area contributed by atoms with Crippen LogP contribution in [0.3, 0.4) is 0 Å². The lowest BCUT2D eigenvalue weighted by atomic mass is 10.0. The lowest BCUT2D eigenvalue weighted by molar-refractivity contribution is -0.119. The Morgan fingerprint density at radius 1 is 1.33 bits per heavy atom. The van der Waals surface area contributed by atoms with E-state index in [1.165, 1.54) is 11.8 Å². The number of halogens is 1. The topological polar surface area (TPSA) is 81.4 Å². The standard InChI is InChI=1S/C21H24ClN5O2S/c1-13-17(10-15-6-3-4-8-18(15)22)14(2)27-20(24-13)25-21(26-27)30-12-19(28)23-11-16-7-5-9-29-16/h3-4,6,8,16H,5,7,9-12H2,1-2H3,(H,23,28)/t16-/m1/s1. The fourth-order valence-corrected chi connectivity index (χ4v) is 4.40. The second kappa shape index (κ2) is 9.32. The van der Waals surface area contributed by atoms with Crippen molar-refractivity contribution in [2.24, 2.45) is 0 Å². The molecule has 4 rings (SSSR count). The Hall–Kier alpha value is -2.16. The first-order valence-corrected chi connectivity index (χ1v) is 11.3. The molecular weight excluding hydrogens is 422 g/mol. The summed E-state index contributed by atoms with van der Waals surface area (Å²) in [6.45, 7) is 5.32. The van der Waals surface area contributed by atoms with Crippen LogP contribution in [0.2, 0.25) is 5.02 Å². The van der Waals surface area contributed by atoms with E-state index in [9.17, 15) is 4.79 Å². The Labute approximate surface area is 184 Å². The summed E-state index contributed by atoms with van der Waals surface area (Å²) in [7, 11) is 0. The molecule has 1 aromatic carbocycles. The van der Waals surface area contributed by atoms with Gasteiger partial charge in [0.1, 0.15) is 0 Å². The summed E-state index contributed by atoms with van der Waals surface area (Å²) in [5.74, 6) is 0.749. The first-order chi connectivity index (χ1) is 14.5. The van der Waals surface area contributed by atoms with Crippen LogP contribution >= 0.6 is 23.4 Å². The first-order valence-electron chi connectivity index (χ1n) is 9.98. The van der Waals surface area contributed by atoms with Gasteiger partial charge in [-0.1, -0.05) is 41.6 Å². The number of rotatable bonds is 7. The van der Waals surface area contributed by atoms with Crippen molar-refractivity contribution in [2.75, 3.05) is 18.9 Å². The summed E-state index contributed by atoms with van der Waals surface area (Å²) in [5.41, 5.74) is 3.99. The van der Waals surface area contributed by atoms with Gasteiger partial charge in [0.15, 0.2) is 0 Å². The predicted octanol–water partition coefficient (Wildman–Crippen LogP) is 3.37. The van der Waals surface area contributed by atoms with E-state index in [4.69, 9.17) is 16.3 Å². The van der Waals surface area contributed by atoms with Crippen LogP contribution in [0.25, 0.3) is 5.78 Å². The molecule has 158 valence electrons. The van der Waals surface area contributed by atoms with Crippen LogP contribution in [-0.2, 0) is 16.0 Å². The molecular formula is C21H24ClN5O2S. The number of aryl methyl sites for hydroxylation is 2. The Bertz CT molecular complexity index is 1060. The van der Waals surface area contributed by atoms with Gasteiger partial charge in [0.2, 0.25) is 11.1 Å². The number of thioether (sulfide) groups is 1. The lowest BCUT2D eigenvalue weighted by Crippen LogP contribution is -2.32. The number of ether oxygens (including phenoxy) is 1. The molecule has 1 fully saturated rings. The van der Waals surface area contributed by atoms with Crippen molar-refractivity contribution < 1.29 is 9.53 Å². The third-order valence-electron chi connectivity index (χ3n) is 5.24. The molecule has 7 nitrogen and oxygen atoms in total. The molecule has 0 aliphatic carbocycles. The molecule has 2 aromatic heterocycles. The number of aromatic nitrogens is 4. The van der Waals surface area contributed by atoms with Gasteiger partial charge in [0.05, 0.1) is 11.9 Å². The highest BCUT2D eigenvalue weighted by Crippen LogP contribution is 2.24. The summed E-state index contributed by atoms with van der Waals surface area (Å²) in [4.78, 5) is 21.2. The molecule has 30 heavy (non-hydrogen) atoms. The maximum atomic E-state index is 12.1. The minimum absolute atomic E-state index is 0.0466. The van der Waals surface area contributed by atoms with Crippen molar-refractivity contribution in [1.82, 2.24) is 24.9 Å². The second-order valence-corrected chi connectivity index (χ2v) is 8.71. The molecule has 3 aromatic rings. The Kier molecular flexibility index (Phi) is 6.55. The number of nitrogens with zero attached hydrogens (tertiary/aromatic N) is 4. The molecule has 0 unspecified atom stereocenters. The Balaban J connectivity index is 1.45. The molecule has 1 aliphatic rings. The van der Waals surface area contributed by atoms with Crippen LogP contribution in [0.4, 0.5) is 0 Å². The van der Waals surface area contributed by atoms with E-state index >= 15 is 0 Å². The lowest BCUT2D eigenvalue weighted by Gasteiger charge is -2.11. The number of fused-ring (bicyclic) bond motifs is 1. The molecule has 3 heterocycles.